The zero-order chi connectivity index (χ0) is 43.0. The fourth-order valence-corrected chi connectivity index (χ4v) is 7.23. The molecule has 10 atom stereocenters. The average molecular weight is 843 g/mol. The molecule has 61 heavy (non-hydrogen) atoms. The van der Waals surface area contributed by atoms with Gasteiger partial charge >= 0.3 is 17.9 Å². The van der Waals surface area contributed by atoms with Crippen molar-refractivity contribution in [3.05, 3.63) is 144 Å². The number of carbonyl (C=O) groups excluding carboxylic acids is 3. The van der Waals surface area contributed by atoms with Crippen molar-refractivity contribution in [3.63, 3.8) is 0 Å². The minimum Gasteiger partial charge on any atom is -0.456 e. The molecule has 0 aromatic heterocycles. The van der Waals surface area contributed by atoms with E-state index >= 15 is 0 Å². The molecule has 6 rings (SSSR count). The third-order valence-electron chi connectivity index (χ3n) is 10.00. The predicted molar refractivity (Wildman–Crippen MR) is 218 cm³/mol. The molecule has 0 spiro atoms. The van der Waals surface area contributed by atoms with E-state index in [0.29, 0.717) is 6.61 Å². The van der Waals surface area contributed by atoms with Crippen LogP contribution in [0.4, 0.5) is 0 Å². The third-order valence-corrected chi connectivity index (χ3v) is 10.00. The van der Waals surface area contributed by atoms with Gasteiger partial charge in [0.1, 0.15) is 30.5 Å². The van der Waals surface area contributed by atoms with Gasteiger partial charge in [-0.3, -0.25) is 14.4 Å². The Morgan fingerprint density at radius 1 is 0.508 bits per heavy atom. The summed E-state index contributed by atoms with van der Waals surface area (Å²) in [7, 11) is 1.35. The first kappa shape index (κ1) is 45.5. The van der Waals surface area contributed by atoms with Crippen molar-refractivity contribution in [1.82, 2.24) is 0 Å². The highest BCUT2D eigenvalue weighted by atomic mass is 16.8. The molecule has 2 aliphatic rings. The SMILES string of the molecule is CO[C@H]1O[C@H](CO[C@H]2O[C@H]([C@@H](COCc3ccccc3)OCc3ccccc3)[C@H](OCc3ccccc3)[C@@H]2OCc2ccccc2)[C@@H](OC(C)=O)[C@H](OC(C)=O)[C@H]1OC(C)=O. The van der Waals surface area contributed by atoms with Crippen molar-refractivity contribution in [3.8, 4) is 0 Å². The van der Waals surface area contributed by atoms with Crippen LogP contribution >= 0.6 is 0 Å². The summed E-state index contributed by atoms with van der Waals surface area (Å²) >= 11 is 0. The van der Waals surface area contributed by atoms with Crippen LogP contribution in [0.3, 0.4) is 0 Å². The molecule has 2 aliphatic heterocycles. The van der Waals surface area contributed by atoms with Crippen molar-refractivity contribution in [2.24, 2.45) is 0 Å². The lowest BCUT2D eigenvalue weighted by atomic mass is 9.98. The summed E-state index contributed by atoms with van der Waals surface area (Å²) in [5.41, 5.74) is 3.78. The first-order valence-corrected chi connectivity index (χ1v) is 20.2. The van der Waals surface area contributed by atoms with Crippen molar-refractivity contribution >= 4 is 17.9 Å². The van der Waals surface area contributed by atoms with Crippen molar-refractivity contribution in [2.75, 3.05) is 20.3 Å². The highest BCUT2D eigenvalue weighted by molar-refractivity contribution is 5.68. The number of hydrogen-bond acceptors (Lipinski definition) is 14. The van der Waals surface area contributed by atoms with Gasteiger partial charge in [-0.25, -0.2) is 0 Å². The number of esters is 3. The fraction of sp³-hybridized carbons (Fsp3) is 0.426. The minimum absolute atomic E-state index is 0.132. The van der Waals surface area contributed by atoms with Gasteiger partial charge in [-0.2, -0.15) is 0 Å². The monoisotopic (exact) mass is 842 g/mol. The Labute approximate surface area is 356 Å². The van der Waals surface area contributed by atoms with Gasteiger partial charge in [0, 0.05) is 27.9 Å². The largest absolute Gasteiger partial charge is 0.456 e. The van der Waals surface area contributed by atoms with Crippen LogP contribution in [-0.2, 0) is 92.9 Å². The van der Waals surface area contributed by atoms with E-state index in [1.807, 2.05) is 121 Å². The number of hydrogen-bond donors (Lipinski definition) is 0. The lowest BCUT2D eigenvalue weighted by Gasteiger charge is -2.44. The maximum Gasteiger partial charge on any atom is 0.303 e. The summed E-state index contributed by atoms with van der Waals surface area (Å²) in [6.07, 6.45) is -10.4. The summed E-state index contributed by atoms with van der Waals surface area (Å²) in [5.74, 6) is -2.09. The quantitative estimate of drug-likeness (QED) is 0.0727. The highest BCUT2D eigenvalue weighted by Crippen LogP contribution is 2.35. The van der Waals surface area contributed by atoms with Gasteiger partial charge < -0.3 is 52.1 Å². The van der Waals surface area contributed by atoms with E-state index in [4.69, 9.17) is 52.1 Å². The normalized spacial score (nSPS) is 25.3. The summed E-state index contributed by atoms with van der Waals surface area (Å²) in [6, 6.07) is 39.0. The molecule has 2 heterocycles. The van der Waals surface area contributed by atoms with E-state index in [0.717, 1.165) is 22.3 Å². The maximum absolute atomic E-state index is 12.5. The second-order valence-corrected chi connectivity index (χ2v) is 14.7. The van der Waals surface area contributed by atoms with Crippen LogP contribution in [0.5, 0.6) is 0 Å². The standard InChI is InChI=1S/C47H54O14/c1-31(48)57-41-39(60-46(51-4)45(59-33(3)50)43(41)58-32(2)49)30-56-47-44(55-28-37-23-15-8-16-24-37)42(54-27-36-21-13-7-14-22-36)40(61-47)38(53-26-35-19-11-6-12-20-35)29-52-25-34-17-9-5-10-18-34/h5-24,38-47H,25-30H2,1-4H3/t38-,39-,40-,41-,42+,43+,44+,45-,46+,47+/m1/s1. The van der Waals surface area contributed by atoms with Gasteiger partial charge in [0.15, 0.2) is 30.9 Å². The number of carbonyl (C=O) groups is 3. The second kappa shape index (κ2) is 23.3. The second-order valence-electron chi connectivity index (χ2n) is 14.7. The lowest BCUT2D eigenvalue weighted by molar-refractivity contribution is -0.311. The molecular formula is C47H54O14. The Balaban J connectivity index is 1.32. The Morgan fingerprint density at radius 3 is 1.48 bits per heavy atom. The van der Waals surface area contributed by atoms with Crippen LogP contribution in [0.2, 0.25) is 0 Å². The molecule has 0 aliphatic carbocycles. The molecule has 14 nitrogen and oxygen atoms in total. The van der Waals surface area contributed by atoms with Crippen LogP contribution < -0.4 is 0 Å². The van der Waals surface area contributed by atoms with Crippen molar-refractivity contribution in [1.29, 1.82) is 0 Å². The van der Waals surface area contributed by atoms with Gasteiger partial charge in [0.05, 0.1) is 39.6 Å². The van der Waals surface area contributed by atoms with Gasteiger partial charge in [-0.1, -0.05) is 121 Å². The minimum atomic E-state index is -1.31. The summed E-state index contributed by atoms with van der Waals surface area (Å²) in [6.45, 7) is 4.43. The highest BCUT2D eigenvalue weighted by Gasteiger charge is 2.54. The van der Waals surface area contributed by atoms with Crippen LogP contribution in [0.15, 0.2) is 121 Å². The molecule has 326 valence electrons. The first-order valence-electron chi connectivity index (χ1n) is 20.2. The van der Waals surface area contributed by atoms with E-state index in [1.54, 1.807) is 0 Å². The van der Waals surface area contributed by atoms with Gasteiger partial charge in [0.2, 0.25) is 0 Å². The fourth-order valence-electron chi connectivity index (χ4n) is 7.23. The van der Waals surface area contributed by atoms with Crippen LogP contribution in [0, 0.1) is 0 Å². The molecule has 0 bridgehead atoms. The third kappa shape index (κ3) is 13.5. The van der Waals surface area contributed by atoms with Crippen molar-refractivity contribution < 1.29 is 66.5 Å². The van der Waals surface area contributed by atoms with Crippen LogP contribution in [-0.4, -0.2) is 99.6 Å². The maximum atomic E-state index is 12.5. The van der Waals surface area contributed by atoms with Crippen molar-refractivity contribution in [2.45, 2.75) is 109 Å². The average Bonchev–Trinajstić information content (AvgIpc) is 3.61. The molecule has 2 saturated heterocycles. The zero-order valence-corrected chi connectivity index (χ0v) is 34.8. The Bertz CT molecular complexity index is 1920. The summed E-state index contributed by atoms with van der Waals surface area (Å²) in [5, 5.41) is 0. The first-order chi connectivity index (χ1) is 29.7. The zero-order valence-electron chi connectivity index (χ0n) is 34.8. The molecule has 0 amide bonds. The van der Waals surface area contributed by atoms with Gasteiger partial charge in [-0.05, 0) is 22.3 Å². The molecule has 2 fully saturated rings. The van der Waals surface area contributed by atoms with Gasteiger partial charge in [-0.15, -0.1) is 0 Å². The molecule has 0 radical (unpaired) electrons. The molecule has 0 saturated carbocycles. The molecule has 0 N–H and O–H groups in total. The molecule has 4 aromatic rings. The van der Waals surface area contributed by atoms with Crippen LogP contribution in [0.1, 0.15) is 43.0 Å². The van der Waals surface area contributed by atoms with E-state index < -0.39 is 79.3 Å². The van der Waals surface area contributed by atoms with E-state index in [9.17, 15) is 14.4 Å². The van der Waals surface area contributed by atoms with E-state index in [2.05, 4.69) is 0 Å². The van der Waals surface area contributed by atoms with Crippen LogP contribution in [0.25, 0.3) is 0 Å². The summed E-state index contributed by atoms with van der Waals surface area (Å²) < 4.78 is 68.3. The number of benzene rings is 4. The number of rotatable bonds is 21. The Hall–Kier alpha value is -5.03. The number of ether oxygens (including phenoxy) is 11. The Morgan fingerprint density at radius 2 is 0.967 bits per heavy atom. The summed E-state index contributed by atoms with van der Waals surface area (Å²) in [4.78, 5) is 37.1. The van der Waals surface area contributed by atoms with E-state index in [-0.39, 0.29) is 33.0 Å². The van der Waals surface area contributed by atoms with Gasteiger partial charge in [0.25, 0.3) is 0 Å². The number of methoxy groups -OCH3 is 1. The molecule has 0 unspecified atom stereocenters. The Kier molecular flexibility index (Phi) is 17.3. The predicted octanol–water partition coefficient (Wildman–Crippen LogP) is 5.87. The van der Waals surface area contributed by atoms with E-state index in [1.165, 1.54) is 27.9 Å². The smallest absolute Gasteiger partial charge is 0.303 e. The molecular weight excluding hydrogens is 789 g/mol. The lowest BCUT2D eigenvalue weighted by Crippen LogP contribution is -2.62. The molecule has 14 heteroatoms. The molecule has 4 aromatic carbocycles. The topological polar surface area (TPSA) is 153 Å².